The van der Waals surface area contributed by atoms with E-state index in [9.17, 15) is 4.79 Å². The van der Waals surface area contributed by atoms with Crippen LogP contribution in [0.5, 0.6) is 0 Å². The van der Waals surface area contributed by atoms with Crippen molar-refractivity contribution in [2.75, 3.05) is 7.05 Å². The van der Waals surface area contributed by atoms with Crippen molar-refractivity contribution in [2.24, 2.45) is 0 Å². The first-order valence-electron chi connectivity index (χ1n) is 6.36. The third kappa shape index (κ3) is 3.39. The van der Waals surface area contributed by atoms with Crippen LogP contribution in [0.1, 0.15) is 34.6 Å². The summed E-state index contributed by atoms with van der Waals surface area (Å²) in [5.74, 6) is -0.905. The molecular formula is C15H17N3O2. The van der Waals surface area contributed by atoms with Crippen molar-refractivity contribution < 1.29 is 9.90 Å². The van der Waals surface area contributed by atoms with E-state index >= 15 is 0 Å². The highest BCUT2D eigenvalue weighted by molar-refractivity contribution is 5.87. The maximum absolute atomic E-state index is 10.8. The van der Waals surface area contributed by atoms with Gasteiger partial charge in [-0.15, -0.1) is 0 Å². The Hall–Kier alpha value is -2.27. The Labute approximate surface area is 117 Å². The second kappa shape index (κ2) is 6.25. The highest BCUT2D eigenvalue weighted by Gasteiger charge is 2.13. The zero-order chi connectivity index (χ0) is 14.5. The van der Waals surface area contributed by atoms with Crippen LogP contribution in [0.3, 0.4) is 0 Å². The van der Waals surface area contributed by atoms with E-state index in [1.54, 1.807) is 30.7 Å². The third-order valence-corrected chi connectivity index (χ3v) is 3.31. The number of hydrogen-bond acceptors (Lipinski definition) is 4. The van der Waals surface area contributed by atoms with Gasteiger partial charge >= 0.3 is 5.97 Å². The number of rotatable bonds is 5. The van der Waals surface area contributed by atoms with Crippen LogP contribution in [0.4, 0.5) is 0 Å². The Bertz CT molecular complexity index is 569. The van der Waals surface area contributed by atoms with Crippen LogP contribution >= 0.6 is 0 Å². The van der Waals surface area contributed by atoms with Gasteiger partial charge in [0.2, 0.25) is 0 Å². The Balaban J connectivity index is 2.04. The minimum atomic E-state index is -0.905. The van der Waals surface area contributed by atoms with Gasteiger partial charge in [0, 0.05) is 25.1 Å². The number of nitrogens with zero attached hydrogens (tertiary/aromatic N) is 3. The molecule has 0 saturated carbocycles. The summed E-state index contributed by atoms with van der Waals surface area (Å²) in [4.78, 5) is 21.3. The normalized spacial score (nSPS) is 12.3. The first-order valence-corrected chi connectivity index (χ1v) is 6.36. The van der Waals surface area contributed by atoms with Gasteiger partial charge in [-0.1, -0.05) is 12.1 Å². The van der Waals surface area contributed by atoms with Crippen molar-refractivity contribution in [3.8, 4) is 0 Å². The molecule has 104 valence electrons. The topological polar surface area (TPSA) is 66.3 Å². The predicted octanol–water partition coefficient (Wildman–Crippen LogP) is 2.37. The lowest BCUT2D eigenvalue weighted by atomic mass is 10.1. The first kappa shape index (κ1) is 14.1. The molecule has 1 heterocycles. The van der Waals surface area contributed by atoms with Crippen molar-refractivity contribution in [2.45, 2.75) is 19.5 Å². The fourth-order valence-corrected chi connectivity index (χ4v) is 1.93. The largest absolute Gasteiger partial charge is 0.478 e. The Morgan fingerprint density at radius 2 is 2.00 bits per heavy atom. The summed E-state index contributed by atoms with van der Waals surface area (Å²) in [6, 6.07) is 7.06. The van der Waals surface area contributed by atoms with Gasteiger partial charge in [-0.25, -0.2) is 4.79 Å². The van der Waals surface area contributed by atoms with E-state index in [0.29, 0.717) is 5.56 Å². The van der Waals surface area contributed by atoms with E-state index in [-0.39, 0.29) is 6.04 Å². The molecule has 1 unspecified atom stereocenters. The standard InChI is InChI=1S/C15H17N3O2/c1-11(14-9-16-7-8-17-14)18(2)10-12-3-5-13(6-4-12)15(19)20/h3-9,11H,10H2,1-2H3,(H,19,20). The summed E-state index contributed by atoms with van der Waals surface area (Å²) in [6.07, 6.45) is 5.09. The molecule has 0 amide bonds. The predicted molar refractivity (Wildman–Crippen MR) is 75.3 cm³/mol. The number of benzene rings is 1. The van der Waals surface area contributed by atoms with E-state index in [1.807, 2.05) is 19.2 Å². The Kier molecular flexibility index (Phi) is 4.42. The summed E-state index contributed by atoms with van der Waals surface area (Å²) in [5, 5.41) is 8.87. The Morgan fingerprint density at radius 1 is 1.30 bits per heavy atom. The third-order valence-electron chi connectivity index (χ3n) is 3.31. The molecule has 0 aliphatic carbocycles. The minimum Gasteiger partial charge on any atom is -0.478 e. The number of aromatic carboxylic acids is 1. The number of aromatic nitrogens is 2. The van der Waals surface area contributed by atoms with Crippen LogP contribution in [-0.2, 0) is 6.54 Å². The molecule has 0 aliphatic heterocycles. The fraction of sp³-hybridized carbons (Fsp3) is 0.267. The lowest BCUT2D eigenvalue weighted by Gasteiger charge is -2.24. The van der Waals surface area contributed by atoms with Gasteiger partial charge in [0.1, 0.15) is 0 Å². The first-order chi connectivity index (χ1) is 9.58. The molecule has 0 aliphatic rings. The SMILES string of the molecule is CC(c1cnccn1)N(C)Cc1ccc(C(=O)O)cc1. The lowest BCUT2D eigenvalue weighted by Crippen LogP contribution is -2.22. The van der Waals surface area contributed by atoms with Crippen molar-refractivity contribution >= 4 is 5.97 Å². The molecule has 1 N–H and O–H groups in total. The maximum Gasteiger partial charge on any atom is 0.335 e. The molecule has 2 aromatic rings. The molecule has 1 aromatic carbocycles. The van der Waals surface area contributed by atoms with Crippen LogP contribution in [0.15, 0.2) is 42.9 Å². The summed E-state index contributed by atoms with van der Waals surface area (Å²) in [7, 11) is 2.00. The fourth-order valence-electron chi connectivity index (χ4n) is 1.93. The molecule has 5 heteroatoms. The van der Waals surface area contributed by atoms with E-state index in [2.05, 4.69) is 21.8 Å². The molecule has 2 rings (SSSR count). The molecule has 20 heavy (non-hydrogen) atoms. The van der Waals surface area contributed by atoms with E-state index in [1.165, 1.54) is 0 Å². The second-order valence-electron chi connectivity index (χ2n) is 4.72. The van der Waals surface area contributed by atoms with Crippen LogP contribution in [0.25, 0.3) is 0 Å². The maximum atomic E-state index is 10.8. The summed E-state index contributed by atoms with van der Waals surface area (Å²) < 4.78 is 0. The average molecular weight is 271 g/mol. The second-order valence-corrected chi connectivity index (χ2v) is 4.72. The zero-order valence-electron chi connectivity index (χ0n) is 11.5. The summed E-state index contributed by atoms with van der Waals surface area (Å²) >= 11 is 0. The van der Waals surface area contributed by atoms with Crippen molar-refractivity contribution in [1.82, 2.24) is 14.9 Å². The molecule has 0 saturated heterocycles. The van der Waals surface area contributed by atoms with Gasteiger partial charge in [-0.2, -0.15) is 0 Å². The minimum absolute atomic E-state index is 0.142. The molecule has 0 radical (unpaired) electrons. The number of carbonyl (C=O) groups is 1. The molecule has 0 bridgehead atoms. The van der Waals surface area contributed by atoms with Crippen LogP contribution in [0.2, 0.25) is 0 Å². The van der Waals surface area contributed by atoms with Crippen LogP contribution < -0.4 is 0 Å². The van der Waals surface area contributed by atoms with E-state index < -0.39 is 5.97 Å². The van der Waals surface area contributed by atoms with Crippen molar-refractivity contribution in [3.63, 3.8) is 0 Å². The van der Waals surface area contributed by atoms with Gasteiger partial charge in [-0.05, 0) is 31.7 Å². The molecule has 5 nitrogen and oxygen atoms in total. The van der Waals surface area contributed by atoms with Gasteiger partial charge in [0.25, 0.3) is 0 Å². The van der Waals surface area contributed by atoms with Crippen LogP contribution in [0, 0.1) is 0 Å². The molecule has 0 fully saturated rings. The van der Waals surface area contributed by atoms with Gasteiger partial charge in [0.15, 0.2) is 0 Å². The summed E-state index contributed by atoms with van der Waals surface area (Å²) in [5.41, 5.74) is 2.28. The quantitative estimate of drug-likeness (QED) is 0.904. The zero-order valence-corrected chi connectivity index (χ0v) is 11.5. The lowest BCUT2D eigenvalue weighted by molar-refractivity contribution is 0.0697. The average Bonchev–Trinajstić information content (AvgIpc) is 2.48. The van der Waals surface area contributed by atoms with E-state index in [0.717, 1.165) is 17.8 Å². The smallest absolute Gasteiger partial charge is 0.335 e. The molecular weight excluding hydrogens is 254 g/mol. The van der Waals surface area contributed by atoms with Gasteiger partial charge < -0.3 is 5.11 Å². The molecule has 0 spiro atoms. The van der Waals surface area contributed by atoms with Crippen LogP contribution in [-0.4, -0.2) is 33.0 Å². The number of hydrogen-bond donors (Lipinski definition) is 1. The van der Waals surface area contributed by atoms with Gasteiger partial charge in [-0.3, -0.25) is 14.9 Å². The van der Waals surface area contributed by atoms with Crippen molar-refractivity contribution in [1.29, 1.82) is 0 Å². The Morgan fingerprint density at radius 3 is 2.55 bits per heavy atom. The highest BCUT2D eigenvalue weighted by Crippen LogP contribution is 2.18. The summed E-state index contributed by atoms with van der Waals surface area (Å²) in [6.45, 7) is 2.78. The number of carboxylic acids is 1. The molecule has 1 aromatic heterocycles. The monoisotopic (exact) mass is 271 g/mol. The number of carboxylic acid groups (broad SMARTS) is 1. The highest BCUT2D eigenvalue weighted by atomic mass is 16.4. The molecule has 1 atom stereocenters. The van der Waals surface area contributed by atoms with E-state index in [4.69, 9.17) is 5.11 Å². The van der Waals surface area contributed by atoms with Crippen molar-refractivity contribution in [3.05, 3.63) is 59.7 Å². The van der Waals surface area contributed by atoms with Gasteiger partial charge in [0.05, 0.1) is 17.3 Å².